The number of nitrogens with one attached hydrogen (secondary N) is 3. The second kappa shape index (κ2) is 8.59. The van der Waals surface area contributed by atoms with Crippen LogP contribution in [-0.2, 0) is 0 Å². The molecule has 0 radical (unpaired) electrons. The summed E-state index contributed by atoms with van der Waals surface area (Å²) in [6.45, 7) is 6.62. The van der Waals surface area contributed by atoms with Crippen molar-refractivity contribution < 1.29 is 0 Å². The predicted molar refractivity (Wildman–Crippen MR) is 91.2 cm³/mol. The molecule has 0 amide bonds. The van der Waals surface area contributed by atoms with Crippen LogP contribution in [0.2, 0.25) is 0 Å². The number of rotatable bonds is 0. The van der Waals surface area contributed by atoms with Gasteiger partial charge in [0.25, 0.3) is 0 Å². The van der Waals surface area contributed by atoms with E-state index in [2.05, 4.69) is 39.6 Å². The SMILES string of the molecule is C(#CC1CNCC(C#CC2CCNCC2)C1)C1CCNCC1. The first-order valence-corrected chi connectivity index (χ1v) is 9.04. The van der Waals surface area contributed by atoms with E-state index in [0.717, 1.165) is 45.7 Å². The van der Waals surface area contributed by atoms with Crippen molar-refractivity contribution in [1.82, 2.24) is 16.0 Å². The molecule has 0 bridgehead atoms. The van der Waals surface area contributed by atoms with E-state index < -0.39 is 0 Å². The van der Waals surface area contributed by atoms with E-state index in [1.165, 1.54) is 25.7 Å². The van der Waals surface area contributed by atoms with Crippen LogP contribution in [0.3, 0.4) is 0 Å². The highest BCUT2D eigenvalue weighted by Gasteiger charge is 2.19. The maximum absolute atomic E-state index is 3.54. The summed E-state index contributed by atoms with van der Waals surface area (Å²) in [5, 5.41) is 10.3. The Labute approximate surface area is 135 Å². The molecule has 0 aromatic rings. The molecule has 0 saturated carbocycles. The molecule has 0 aromatic heterocycles. The molecule has 3 N–H and O–H groups in total. The molecule has 0 aromatic carbocycles. The molecule has 3 rings (SSSR count). The van der Waals surface area contributed by atoms with E-state index >= 15 is 0 Å². The molecule has 3 nitrogen and oxygen atoms in total. The zero-order valence-electron chi connectivity index (χ0n) is 13.6. The average molecular weight is 299 g/mol. The van der Waals surface area contributed by atoms with Crippen LogP contribution in [0.15, 0.2) is 0 Å². The molecule has 120 valence electrons. The lowest BCUT2D eigenvalue weighted by molar-refractivity contribution is 0.386. The fraction of sp³-hybridized carbons (Fsp3) is 0.789. The fourth-order valence-electron chi connectivity index (χ4n) is 3.57. The van der Waals surface area contributed by atoms with Crippen LogP contribution in [0.1, 0.15) is 32.1 Å². The molecule has 3 aliphatic heterocycles. The number of hydrogen-bond donors (Lipinski definition) is 3. The Morgan fingerprint density at radius 3 is 1.36 bits per heavy atom. The van der Waals surface area contributed by atoms with Gasteiger partial charge in [-0.1, -0.05) is 23.7 Å². The third-order valence-corrected chi connectivity index (χ3v) is 5.01. The first-order valence-electron chi connectivity index (χ1n) is 9.04. The van der Waals surface area contributed by atoms with Gasteiger partial charge in [0.1, 0.15) is 0 Å². The van der Waals surface area contributed by atoms with E-state index in [1.54, 1.807) is 0 Å². The zero-order valence-corrected chi connectivity index (χ0v) is 13.6. The minimum absolute atomic E-state index is 0.496. The second-order valence-electron chi connectivity index (χ2n) is 6.91. The molecule has 0 aliphatic carbocycles. The van der Waals surface area contributed by atoms with Gasteiger partial charge in [-0.05, 0) is 58.3 Å². The summed E-state index contributed by atoms with van der Waals surface area (Å²) in [5.41, 5.74) is 0. The molecular formula is C19H29N3. The Kier molecular flexibility index (Phi) is 6.20. The second-order valence-corrected chi connectivity index (χ2v) is 6.91. The highest BCUT2D eigenvalue weighted by molar-refractivity contribution is 5.14. The van der Waals surface area contributed by atoms with Gasteiger partial charge in [-0.3, -0.25) is 0 Å². The van der Waals surface area contributed by atoms with Gasteiger partial charge in [-0.15, -0.1) is 0 Å². The standard InChI is InChI=1S/C19H29N3/c1(16-5-9-20-10-6-16)3-18-13-19(15-22-14-18)4-2-17-7-11-21-12-8-17/h16-22H,5-15H2. The smallest absolute Gasteiger partial charge is 0.0340 e. The minimum Gasteiger partial charge on any atom is -0.317 e. The lowest BCUT2D eigenvalue weighted by Crippen LogP contribution is -2.35. The molecule has 22 heavy (non-hydrogen) atoms. The van der Waals surface area contributed by atoms with Crippen LogP contribution in [0.4, 0.5) is 0 Å². The Morgan fingerprint density at radius 1 is 0.500 bits per heavy atom. The highest BCUT2D eigenvalue weighted by atomic mass is 14.9. The highest BCUT2D eigenvalue weighted by Crippen LogP contribution is 2.18. The van der Waals surface area contributed by atoms with Gasteiger partial charge in [0, 0.05) is 36.8 Å². The molecule has 2 unspecified atom stereocenters. The van der Waals surface area contributed by atoms with Crippen molar-refractivity contribution in [1.29, 1.82) is 0 Å². The van der Waals surface area contributed by atoms with Crippen molar-refractivity contribution in [3.63, 3.8) is 0 Å². The number of piperidine rings is 3. The van der Waals surface area contributed by atoms with Crippen LogP contribution in [0, 0.1) is 47.4 Å². The summed E-state index contributed by atoms with van der Waals surface area (Å²) in [6, 6.07) is 0. The predicted octanol–water partition coefficient (Wildman–Crippen LogP) is 1.22. The molecular weight excluding hydrogens is 270 g/mol. The quantitative estimate of drug-likeness (QED) is 0.589. The first kappa shape index (κ1) is 15.9. The molecule has 3 fully saturated rings. The molecule has 2 atom stereocenters. The van der Waals surface area contributed by atoms with Crippen molar-refractivity contribution >= 4 is 0 Å². The normalized spacial score (nSPS) is 30.7. The van der Waals surface area contributed by atoms with Gasteiger partial charge in [-0.25, -0.2) is 0 Å². The minimum atomic E-state index is 0.496. The molecule has 0 spiro atoms. The van der Waals surface area contributed by atoms with E-state index in [-0.39, 0.29) is 0 Å². The van der Waals surface area contributed by atoms with Gasteiger partial charge >= 0.3 is 0 Å². The van der Waals surface area contributed by atoms with Crippen LogP contribution in [0.5, 0.6) is 0 Å². The van der Waals surface area contributed by atoms with E-state index in [0.29, 0.717) is 23.7 Å². The molecule has 3 heteroatoms. The summed E-state index contributed by atoms with van der Waals surface area (Å²) < 4.78 is 0. The first-order chi connectivity index (χ1) is 10.9. The van der Waals surface area contributed by atoms with Crippen molar-refractivity contribution in [2.24, 2.45) is 23.7 Å². The molecule has 3 heterocycles. The Bertz CT molecular complexity index is 411. The summed E-state index contributed by atoms with van der Waals surface area (Å²) >= 11 is 0. The Balaban J connectivity index is 1.48. The summed E-state index contributed by atoms with van der Waals surface area (Å²) in [4.78, 5) is 0. The monoisotopic (exact) mass is 299 g/mol. The van der Waals surface area contributed by atoms with Gasteiger partial charge in [-0.2, -0.15) is 0 Å². The van der Waals surface area contributed by atoms with Crippen molar-refractivity contribution in [3.05, 3.63) is 0 Å². The van der Waals surface area contributed by atoms with E-state index in [9.17, 15) is 0 Å². The van der Waals surface area contributed by atoms with Crippen LogP contribution in [-0.4, -0.2) is 39.3 Å². The lowest BCUT2D eigenvalue weighted by Gasteiger charge is -2.24. The maximum atomic E-state index is 3.54. The van der Waals surface area contributed by atoms with Gasteiger partial charge in [0.05, 0.1) is 0 Å². The van der Waals surface area contributed by atoms with Crippen LogP contribution in [0.25, 0.3) is 0 Å². The topological polar surface area (TPSA) is 36.1 Å². The molecule has 3 saturated heterocycles. The Morgan fingerprint density at radius 2 is 0.909 bits per heavy atom. The summed E-state index contributed by atoms with van der Waals surface area (Å²) in [7, 11) is 0. The average Bonchev–Trinajstić information content (AvgIpc) is 2.60. The van der Waals surface area contributed by atoms with Gasteiger partial charge < -0.3 is 16.0 Å². The lowest BCUT2D eigenvalue weighted by atomic mass is 9.89. The van der Waals surface area contributed by atoms with E-state index in [1.807, 2.05) is 0 Å². The third kappa shape index (κ3) is 5.03. The number of hydrogen-bond acceptors (Lipinski definition) is 3. The van der Waals surface area contributed by atoms with Crippen molar-refractivity contribution in [2.75, 3.05) is 39.3 Å². The fourth-order valence-corrected chi connectivity index (χ4v) is 3.57. The zero-order chi connectivity index (χ0) is 15.0. The molecule has 3 aliphatic rings. The van der Waals surface area contributed by atoms with Crippen LogP contribution < -0.4 is 16.0 Å². The Hall–Kier alpha value is -1.00. The van der Waals surface area contributed by atoms with E-state index in [4.69, 9.17) is 0 Å². The summed E-state index contributed by atoms with van der Waals surface area (Å²) in [5.74, 6) is 16.4. The third-order valence-electron chi connectivity index (χ3n) is 5.01. The van der Waals surface area contributed by atoms with Crippen molar-refractivity contribution in [2.45, 2.75) is 32.1 Å². The largest absolute Gasteiger partial charge is 0.317 e. The van der Waals surface area contributed by atoms with Gasteiger partial charge in [0.15, 0.2) is 0 Å². The van der Waals surface area contributed by atoms with Crippen molar-refractivity contribution in [3.8, 4) is 23.7 Å². The van der Waals surface area contributed by atoms with Gasteiger partial charge in [0.2, 0.25) is 0 Å². The maximum Gasteiger partial charge on any atom is 0.0340 e. The summed E-state index contributed by atoms with van der Waals surface area (Å²) in [6.07, 6.45) is 6.01. The van der Waals surface area contributed by atoms with Crippen LogP contribution >= 0.6 is 0 Å².